The van der Waals surface area contributed by atoms with Crippen LogP contribution in [0.1, 0.15) is 15.9 Å². The van der Waals surface area contributed by atoms with Crippen LogP contribution in [0.5, 0.6) is 0 Å². The van der Waals surface area contributed by atoms with Gasteiger partial charge in [-0.2, -0.15) is 0 Å². The predicted molar refractivity (Wildman–Crippen MR) is 68.0 cm³/mol. The molecule has 0 aliphatic carbocycles. The minimum atomic E-state index is -0.258. The van der Waals surface area contributed by atoms with Crippen LogP contribution in [-0.4, -0.2) is 18.4 Å². The van der Waals surface area contributed by atoms with Crippen LogP contribution in [0.3, 0.4) is 0 Å². The quantitative estimate of drug-likeness (QED) is 0.465. The maximum atomic E-state index is 11.5. The van der Waals surface area contributed by atoms with Crippen LogP contribution >= 0.6 is 38.5 Å². The van der Waals surface area contributed by atoms with E-state index in [9.17, 15) is 4.79 Å². The summed E-state index contributed by atoms with van der Waals surface area (Å²) >= 11 is 5.51. The monoisotopic (exact) mass is 368 g/mol. The number of hydrogen-bond donors (Lipinski definition) is 0. The van der Waals surface area contributed by atoms with E-state index in [1.165, 1.54) is 7.11 Å². The van der Waals surface area contributed by atoms with Crippen molar-refractivity contribution in [2.75, 3.05) is 12.4 Å². The van der Waals surface area contributed by atoms with Gasteiger partial charge in [-0.3, -0.25) is 0 Å². The van der Waals surface area contributed by atoms with Gasteiger partial charge in [-0.25, -0.2) is 4.79 Å². The number of esters is 1. The van der Waals surface area contributed by atoms with Gasteiger partial charge >= 0.3 is 5.97 Å². The lowest BCUT2D eigenvalue weighted by Crippen LogP contribution is -2.08. The van der Waals surface area contributed by atoms with E-state index < -0.39 is 0 Å². The zero-order chi connectivity index (χ0) is 10.6. The van der Waals surface area contributed by atoms with E-state index in [-0.39, 0.29) is 5.97 Å². The maximum absolute atomic E-state index is 11.5. The number of carbonyl (C=O) groups is 1. The molecule has 0 aliphatic heterocycles. The number of methoxy groups -OCH3 is 1. The Bertz CT molecular complexity index is 339. The number of hydrogen-bond acceptors (Lipinski definition) is 2. The molecule has 0 spiro atoms. The summed E-state index contributed by atoms with van der Waals surface area (Å²) in [5.74, 6) is -0.258. The number of carbonyl (C=O) groups excluding carboxylic acids is 1. The van der Waals surface area contributed by atoms with Crippen LogP contribution < -0.4 is 0 Å². The molecule has 0 bridgehead atoms. The molecule has 1 aromatic rings. The fourth-order valence-electron chi connectivity index (χ4n) is 1.21. The van der Waals surface area contributed by atoms with Gasteiger partial charge in [0.1, 0.15) is 0 Å². The van der Waals surface area contributed by atoms with E-state index in [1.54, 1.807) is 0 Å². The van der Waals surface area contributed by atoms with Gasteiger partial charge in [0.2, 0.25) is 0 Å². The average molecular weight is 369 g/mol. The Hall–Kier alpha value is -0.100. The molecule has 0 saturated carbocycles. The van der Waals surface area contributed by atoms with Crippen molar-refractivity contribution in [2.24, 2.45) is 0 Å². The Balaban J connectivity index is 3.15. The van der Waals surface area contributed by atoms with Gasteiger partial charge in [0.05, 0.1) is 12.7 Å². The number of rotatable bonds is 3. The Morgan fingerprint density at radius 1 is 1.57 bits per heavy atom. The molecule has 0 radical (unpaired) electrons. The van der Waals surface area contributed by atoms with Crippen molar-refractivity contribution in [3.63, 3.8) is 0 Å². The Kier molecular flexibility index (Phi) is 4.88. The van der Waals surface area contributed by atoms with Crippen molar-refractivity contribution < 1.29 is 9.53 Å². The van der Waals surface area contributed by atoms with E-state index in [4.69, 9.17) is 4.74 Å². The summed E-state index contributed by atoms with van der Waals surface area (Å²) in [5.41, 5.74) is 1.72. The van der Waals surface area contributed by atoms with Crippen LogP contribution in [0, 0.1) is 3.57 Å². The molecular weight excluding hydrogens is 359 g/mol. The highest BCUT2D eigenvalue weighted by Crippen LogP contribution is 2.19. The van der Waals surface area contributed by atoms with Gasteiger partial charge in [-0.15, -0.1) is 0 Å². The van der Waals surface area contributed by atoms with Crippen molar-refractivity contribution >= 4 is 44.5 Å². The Morgan fingerprint density at radius 2 is 2.29 bits per heavy atom. The smallest absolute Gasteiger partial charge is 0.339 e. The Labute approximate surface area is 105 Å². The molecular formula is C10H10BrIO2. The van der Waals surface area contributed by atoms with Crippen molar-refractivity contribution in [3.05, 3.63) is 32.9 Å². The number of halogens is 2. The van der Waals surface area contributed by atoms with Crippen LogP contribution in [0.25, 0.3) is 0 Å². The topological polar surface area (TPSA) is 26.3 Å². The van der Waals surface area contributed by atoms with Crippen molar-refractivity contribution in [3.8, 4) is 0 Å². The normalized spacial score (nSPS) is 9.93. The summed E-state index contributed by atoms with van der Waals surface area (Å²) in [5, 5.41) is 0.844. The van der Waals surface area contributed by atoms with Gasteiger partial charge in [0.15, 0.2) is 0 Å². The largest absolute Gasteiger partial charge is 0.465 e. The first-order chi connectivity index (χ1) is 6.70. The lowest BCUT2D eigenvalue weighted by Gasteiger charge is -2.08. The first kappa shape index (κ1) is 12.0. The zero-order valence-electron chi connectivity index (χ0n) is 7.72. The van der Waals surface area contributed by atoms with E-state index in [1.807, 2.05) is 18.2 Å². The molecule has 1 aromatic carbocycles. The first-order valence-corrected chi connectivity index (χ1v) is 6.32. The molecule has 2 nitrogen and oxygen atoms in total. The fourth-order valence-corrected chi connectivity index (χ4v) is 2.41. The molecule has 0 N–H and O–H groups in total. The minimum Gasteiger partial charge on any atom is -0.465 e. The fraction of sp³-hybridized carbons (Fsp3) is 0.300. The number of alkyl halides is 1. The molecule has 4 heteroatoms. The molecule has 14 heavy (non-hydrogen) atoms. The third-order valence-electron chi connectivity index (χ3n) is 1.85. The zero-order valence-corrected chi connectivity index (χ0v) is 11.5. The lowest BCUT2D eigenvalue weighted by atomic mass is 10.1. The van der Waals surface area contributed by atoms with Crippen LogP contribution in [0.4, 0.5) is 0 Å². The molecule has 0 atom stereocenters. The molecule has 0 aromatic heterocycles. The highest BCUT2D eigenvalue weighted by molar-refractivity contribution is 14.1. The number of ether oxygens (including phenoxy) is 1. The minimum absolute atomic E-state index is 0.258. The summed E-state index contributed by atoms with van der Waals surface area (Å²) in [7, 11) is 1.41. The number of aryl methyl sites for hydroxylation is 1. The second kappa shape index (κ2) is 5.70. The van der Waals surface area contributed by atoms with Gasteiger partial charge in [0, 0.05) is 8.90 Å². The first-order valence-electron chi connectivity index (χ1n) is 4.12. The lowest BCUT2D eigenvalue weighted by molar-refractivity contribution is 0.0598. The van der Waals surface area contributed by atoms with Crippen molar-refractivity contribution in [2.45, 2.75) is 6.42 Å². The van der Waals surface area contributed by atoms with Crippen LogP contribution in [0.2, 0.25) is 0 Å². The molecule has 0 fully saturated rings. The highest BCUT2D eigenvalue weighted by Gasteiger charge is 2.14. The average Bonchev–Trinajstić information content (AvgIpc) is 2.18. The summed E-state index contributed by atoms with van der Waals surface area (Å²) in [6.07, 6.45) is 0.835. The molecule has 1 rings (SSSR count). The van der Waals surface area contributed by atoms with Crippen molar-refractivity contribution in [1.82, 2.24) is 0 Å². The summed E-state index contributed by atoms with van der Waals surface area (Å²) in [6, 6.07) is 5.81. The third-order valence-corrected chi connectivity index (χ3v) is 3.15. The standard InChI is InChI=1S/C10H10BrIO2/c1-14-10(13)9-7(5-6-11)3-2-4-8(9)12/h2-4H,5-6H2,1H3. The van der Waals surface area contributed by atoms with Gasteiger partial charge in [0.25, 0.3) is 0 Å². The third kappa shape index (κ3) is 2.70. The highest BCUT2D eigenvalue weighted by atomic mass is 127. The summed E-state index contributed by atoms with van der Waals surface area (Å²) in [6.45, 7) is 0. The Morgan fingerprint density at radius 3 is 2.86 bits per heavy atom. The van der Waals surface area contributed by atoms with Crippen LogP contribution in [0.15, 0.2) is 18.2 Å². The van der Waals surface area contributed by atoms with E-state index >= 15 is 0 Å². The molecule has 76 valence electrons. The van der Waals surface area contributed by atoms with E-state index in [0.29, 0.717) is 5.56 Å². The molecule has 0 unspecified atom stereocenters. The second-order valence-corrected chi connectivity index (χ2v) is 4.66. The predicted octanol–water partition coefficient (Wildman–Crippen LogP) is 3.02. The van der Waals surface area contributed by atoms with Gasteiger partial charge in [-0.05, 0) is 40.6 Å². The van der Waals surface area contributed by atoms with Crippen LogP contribution in [-0.2, 0) is 11.2 Å². The van der Waals surface area contributed by atoms with Gasteiger partial charge in [-0.1, -0.05) is 28.1 Å². The summed E-state index contributed by atoms with van der Waals surface area (Å²) in [4.78, 5) is 11.5. The maximum Gasteiger partial charge on any atom is 0.339 e. The van der Waals surface area contributed by atoms with Gasteiger partial charge < -0.3 is 4.74 Å². The molecule has 0 heterocycles. The SMILES string of the molecule is COC(=O)c1c(I)cccc1CCBr. The number of benzene rings is 1. The van der Waals surface area contributed by atoms with E-state index in [0.717, 1.165) is 20.9 Å². The van der Waals surface area contributed by atoms with Crippen molar-refractivity contribution in [1.29, 1.82) is 0 Å². The molecule has 0 amide bonds. The second-order valence-electron chi connectivity index (χ2n) is 2.70. The van der Waals surface area contributed by atoms with E-state index in [2.05, 4.69) is 38.5 Å². The molecule has 0 saturated heterocycles. The summed E-state index contributed by atoms with van der Waals surface area (Å²) < 4.78 is 5.68. The molecule has 0 aliphatic rings.